The van der Waals surface area contributed by atoms with Crippen molar-refractivity contribution < 1.29 is 19.4 Å². The lowest BCUT2D eigenvalue weighted by Gasteiger charge is -2.18. The second-order valence-corrected chi connectivity index (χ2v) is 9.27. The average Bonchev–Trinajstić information content (AvgIpc) is 3.00. The number of rotatable bonds is 11. The third-order valence-corrected chi connectivity index (χ3v) is 6.45. The molecular weight excluding hydrogens is 500 g/mol. The Hall–Kier alpha value is -5.23. The lowest BCUT2D eigenvalue weighted by molar-refractivity contribution is -0.137. The number of hydrogen-bond acceptors (Lipinski definition) is 5. The predicted octanol–water partition coefficient (Wildman–Crippen LogP) is 6.67. The third-order valence-electron chi connectivity index (χ3n) is 6.45. The molecule has 0 aliphatic rings. The van der Waals surface area contributed by atoms with Gasteiger partial charge < -0.3 is 15.2 Å². The van der Waals surface area contributed by atoms with Crippen molar-refractivity contribution in [3.05, 3.63) is 144 Å². The Labute approximate surface area is 232 Å². The molecule has 0 amide bonds. The fourth-order valence-corrected chi connectivity index (χ4v) is 4.39. The number of ether oxygens (including phenoxy) is 1. The SMILES string of the molecule is O=C(c1ccccc1)c1ccccc1N[C@@H](Cc1ccc(OC/C=C/c2ccc3ccccc3n2)cc1)C(=O)O. The Balaban J connectivity index is 1.20. The number of ketones is 1. The van der Waals surface area contributed by atoms with Gasteiger partial charge in [0.2, 0.25) is 0 Å². The van der Waals surface area contributed by atoms with Crippen molar-refractivity contribution in [2.45, 2.75) is 12.5 Å². The molecule has 1 aromatic heterocycles. The van der Waals surface area contributed by atoms with Crippen LogP contribution in [0.15, 0.2) is 121 Å². The quantitative estimate of drug-likeness (QED) is 0.186. The molecule has 6 heteroatoms. The molecule has 0 saturated carbocycles. The predicted molar refractivity (Wildman–Crippen MR) is 158 cm³/mol. The number of aromatic nitrogens is 1. The van der Waals surface area contributed by atoms with Crippen molar-refractivity contribution in [1.29, 1.82) is 0 Å². The number of aliphatic carboxylic acids is 1. The monoisotopic (exact) mass is 528 g/mol. The van der Waals surface area contributed by atoms with Crippen LogP contribution in [0.1, 0.15) is 27.2 Å². The van der Waals surface area contributed by atoms with Crippen molar-refractivity contribution >= 4 is 34.4 Å². The van der Waals surface area contributed by atoms with E-state index in [1.807, 2.05) is 78.9 Å². The fourth-order valence-electron chi connectivity index (χ4n) is 4.39. The van der Waals surface area contributed by atoms with Crippen LogP contribution in [0.2, 0.25) is 0 Å². The topological polar surface area (TPSA) is 88.5 Å². The number of carbonyl (C=O) groups excluding carboxylic acids is 1. The highest BCUT2D eigenvalue weighted by molar-refractivity contribution is 6.12. The maximum absolute atomic E-state index is 13.0. The molecular formula is C34H28N2O4. The van der Waals surface area contributed by atoms with E-state index in [2.05, 4.69) is 10.3 Å². The van der Waals surface area contributed by atoms with Gasteiger partial charge in [-0.05, 0) is 54.1 Å². The van der Waals surface area contributed by atoms with E-state index >= 15 is 0 Å². The molecule has 0 unspecified atom stereocenters. The van der Waals surface area contributed by atoms with Gasteiger partial charge in [0, 0.05) is 28.6 Å². The van der Waals surface area contributed by atoms with E-state index in [-0.39, 0.29) is 12.2 Å². The van der Waals surface area contributed by atoms with Crippen LogP contribution >= 0.6 is 0 Å². The molecule has 0 spiro atoms. The summed E-state index contributed by atoms with van der Waals surface area (Å²) in [6.07, 6.45) is 4.06. The van der Waals surface area contributed by atoms with Gasteiger partial charge in [0.15, 0.2) is 5.78 Å². The molecule has 0 fully saturated rings. The second-order valence-electron chi connectivity index (χ2n) is 9.27. The number of benzene rings is 4. The fraction of sp³-hybridized carbons (Fsp3) is 0.0882. The number of nitrogens with zero attached hydrogens (tertiary/aromatic N) is 1. The molecule has 6 nitrogen and oxygen atoms in total. The van der Waals surface area contributed by atoms with Gasteiger partial charge in [0.05, 0.1) is 11.2 Å². The van der Waals surface area contributed by atoms with E-state index in [1.54, 1.807) is 48.5 Å². The smallest absolute Gasteiger partial charge is 0.326 e. The van der Waals surface area contributed by atoms with Gasteiger partial charge in [-0.2, -0.15) is 0 Å². The van der Waals surface area contributed by atoms with Crippen molar-refractivity contribution in [3.63, 3.8) is 0 Å². The van der Waals surface area contributed by atoms with Gasteiger partial charge in [0.1, 0.15) is 18.4 Å². The minimum atomic E-state index is -1.00. The highest BCUT2D eigenvalue weighted by atomic mass is 16.5. The normalized spacial score (nSPS) is 11.8. The Morgan fingerprint density at radius 2 is 1.55 bits per heavy atom. The Morgan fingerprint density at radius 3 is 2.35 bits per heavy atom. The molecule has 0 aliphatic heterocycles. The molecule has 0 radical (unpaired) electrons. The maximum atomic E-state index is 13.0. The minimum absolute atomic E-state index is 0.167. The zero-order chi connectivity index (χ0) is 27.7. The molecule has 40 heavy (non-hydrogen) atoms. The van der Waals surface area contributed by atoms with Gasteiger partial charge in [0.25, 0.3) is 0 Å². The summed E-state index contributed by atoms with van der Waals surface area (Å²) in [5, 5.41) is 14.1. The molecule has 1 heterocycles. The average molecular weight is 529 g/mol. The van der Waals surface area contributed by atoms with Gasteiger partial charge >= 0.3 is 5.97 Å². The zero-order valence-corrected chi connectivity index (χ0v) is 21.7. The zero-order valence-electron chi connectivity index (χ0n) is 21.7. The summed E-state index contributed by atoms with van der Waals surface area (Å²) in [7, 11) is 0. The standard InChI is InChI=1S/C34H28N2O4/c37-33(26-10-2-1-3-11-26)29-13-5-7-15-31(29)36-32(34(38)39)23-24-16-20-28(21-17-24)40-22-8-12-27-19-18-25-9-4-6-14-30(25)35-27/h1-21,32,36H,22-23H2,(H,38,39)/b12-8+/t32-/m0/s1. The molecule has 1 atom stereocenters. The lowest BCUT2D eigenvalue weighted by atomic mass is 10.00. The van der Waals surface area contributed by atoms with E-state index in [0.29, 0.717) is 29.2 Å². The number of pyridine rings is 1. The first-order chi connectivity index (χ1) is 19.6. The van der Waals surface area contributed by atoms with Crippen LogP contribution in [-0.2, 0) is 11.2 Å². The number of anilines is 1. The first kappa shape index (κ1) is 26.4. The number of carbonyl (C=O) groups is 2. The highest BCUT2D eigenvalue weighted by Gasteiger charge is 2.21. The van der Waals surface area contributed by atoms with Crippen LogP contribution in [0.3, 0.4) is 0 Å². The number of fused-ring (bicyclic) bond motifs is 1. The van der Waals surface area contributed by atoms with Crippen LogP contribution in [0.4, 0.5) is 5.69 Å². The van der Waals surface area contributed by atoms with Gasteiger partial charge in [-0.25, -0.2) is 9.78 Å². The summed E-state index contributed by atoms with van der Waals surface area (Å²) in [4.78, 5) is 29.8. The molecule has 4 aromatic carbocycles. The maximum Gasteiger partial charge on any atom is 0.326 e. The number of nitrogens with one attached hydrogen (secondary N) is 1. The molecule has 0 saturated heterocycles. The van der Waals surface area contributed by atoms with E-state index < -0.39 is 12.0 Å². The summed E-state index contributed by atoms with van der Waals surface area (Å²) in [6.45, 7) is 0.374. The van der Waals surface area contributed by atoms with Crippen LogP contribution in [0.25, 0.3) is 17.0 Å². The van der Waals surface area contributed by atoms with Crippen LogP contribution in [0.5, 0.6) is 5.75 Å². The van der Waals surface area contributed by atoms with E-state index in [0.717, 1.165) is 22.2 Å². The Bertz CT molecular complexity index is 1650. The number of carboxylic acids is 1. The summed E-state index contributed by atoms with van der Waals surface area (Å²) in [5.41, 5.74) is 4.09. The first-order valence-corrected chi connectivity index (χ1v) is 13.0. The minimum Gasteiger partial charge on any atom is -0.490 e. The van der Waals surface area contributed by atoms with Crippen molar-refractivity contribution in [1.82, 2.24) is 4.98 Å². The molecule has 0 aliphatic carbocycles. The second kappa shape index (κ2) is 12.5. The molecule has 5 aromatic rings. The number of para-hydroxylation sites is 2. The van der Waals surface area contributed by atoms with Gasteiger partial charge in [-0.3, -0.25) is 4.79 Å². The van der Waals surface area contributed by atoms with Crippen molar-refractivity contribution in [3.8, 4) is 5.75 Å². The summed E-state index contributed by atoms with van der Waals surface area (Å²) in [6, 6.07) is 34.3. The first-order valence-electron chi connectivity index (χ1n) is 13.0. The highest BCUT2D eigenvalue weighted by Crippen LogP contribution is 2.22. The van der Waals surface area contributed by atoms with Crippen molar-refractivity contribution in [2.24, 2.45) is 0 Å². The van der Waals surface area contributed by atoms with Crippen LogP contribution in [0, 0.1) is 0 Å². The lowest BCUT2D eigenvalue weighted by Crippen LogP contribution is -2.32. The molecule has 0 bridgehead atoms. The van der Waals surface area contributed by atoms with Crippen LogP contribution < -0.4 is 10.1 Å². The summed E-state index contributed by atoms with van der Waals surface area (Å²) < 4.78 is 5.82. The van der Waals surface area contributed by atoms with Crippen molar-refractivity contribution in [2.75, 3.05) is 11.9 Å². The van der Waals surface area contributed by atoms with E-state index in [9.17, 15) is 14.7 Å². The van der Waals surface area contributed by atoms with E-state index in [1.165, 1.54) is 0 Å². The Kier molecular flexibility index (Phi) is 8.27. The number of hydrogen-bond donors (Lipinski definition) is 2. The molecule has 5 rings (SSSR count). The van der Waals surface area contributed by atoms with Gasteiger partial charge in [-0.1, -0.05) is 78.9 Å². The summed E-state index contributed by atoms with van der Waals surface area (Å²) in [5.74, 6) is -0.493. The Morgan fingerprint density at radius 1 is 0.825 bits per heavy atom. The third kappa shape index (κ3) is 6.60. The molecule has 2 N–H and O–H groups in total. The number of carboxylic acid groups (broad SMARTS) is 1. The van der Waals surface area contributed by atoms with E-state index in [4.69, 9.17) is 4.74 Å². The summed E-state index contributed by atoms with van der Waals surface area (Å²) >= 11 is 0. The largest absolute Gasteiger partial charge is 0.490 e. The van der Waals surface area contributed by atoms with Crippen LogP contribution in [-0.4, -0.2) is 34.5 Å². The van der Waals surface area contributed by atoms with Gasteiger partial charge in [-0.15, -0.1) is 0 Å². The molecule has 198 valence electrons.